The van der Waals surface area contributed by atoms with E-state index in [2.05, 4.69) is 0 Å². The van der Waals surface area contributed by atoms with Crippen molar-refractivity contribution < 1.29 is 30.8 Å². The third-order valence-electron chi connectivity index (χ3n) is 6.00. The van der Waals surface area contributed by atoms with Gasteiger partial charge in [-0.3, -0.25) is 9.59 Å². The third kappa shape index (κ3) is 3.68. The number of carbonyl (C=O) groups excluding carboxylic acids is 2. The first-order valence-corrected chi connectivity index (χ1v) is 13.5. The summed E-state index contributed by atoms with van der Waals surface area (Å²) in [5.74, 6) is -0.679. The Labute approximate surface area is 190 Å². The fourth-order valence-corrected chi connectivity index (χ4v) is 7.75. The molecule has 3 aromatic rings. The monoisotopic (exact) mass is 485 g/mol. The van der Waals surface area contributed by atoms with E-state index in [9.17, 15) is 26.4 Å². The number of fused-ring (bicyclic) bond motifs is 2. The largest absolute Gasteiger partial charge is 0.467 e. The molecule has 10 heteroatoms. The molecule has 170 valence electrons. The number of carbonyl (C=O) groups is 2. The summed E-state index contributed by atoms with van der Waals surface area (Å²) in [5.41, 5.74) is 0.159. The molecule has 0 N–H and O–H groups in total. The Hall–Kier alpha value is -3.24. The van der Waals surface area contributed by atoms with Crippen LogP contribution in [0.25, 0.3) is 0 Å². The zero-order chi connectivity index (χ0) is 23.4. The first-order valence-electron chi connectivity index (χ1n) is 10.2. The van der Waals surface area contributed by atoms with Crippen LogP contribution in [-0.4, -0.2) is 51.0 Å². The van der Waals surface area contributed by atoms with Gasteiger partial charge in [0.2, 0.25) is 9.84 Å². The second kappa shape index (κ2) is 7.67. The molecule has 0 aliphatic carbocycles. The zero-order valence-electron chi connectivity index (χ0n) is 17.3. The Morgan fingerprint density at radius 3 is 2.42 bits per heavy atom. The van der Waals surface area contributed by atoms with Crippen molar-refractivity contribution in [3.05, 3.63) is 83.3 Å². The van der Waals surface area contributed by atoms with Gasteiger partial charge >= 0.3 is 0 Å². The molecule has 1 aromatic heterocycles. The van der Waals surface area contributed by atoms with Crippen molar-refractivity contribution in [2.24, 2.45) is 0 Å². The Kier molecular flexibility index (Phi) is 5.02. The average Bonchev–Trinajstić information content (AvgIpc) is 3.44. The van der Waals surface area contributed by atoms with E-state index in [0.29, 0.717) is 5.76 Å². The van der Waals surface area contributed by atoms with Crippen molar-refractivity contribution >= 4 is 31.4 Å². The van der Waals surface area contributed by atoms with Crippen LogP contribution in [-0.2, 0) is 26.2 Å². The minimum absolute atomic E-state index is 0.00581. The Balaban J connectivity index is 1.56. The normalized spacial score (nSPS) is 20.1. The first kappa shape index (κ1) is 21.6. The molecule has 2 aromatic carbocycles. The molecule has 0 saturated carbocycles. The number of nitrogens with zero attached hydrogens (tertiary/aromatic N) is 1. The van der Waals surface area contributed by atoms with Gasteiger partial charge in [0, 0.05) is 22.7 Å². The lowest BCUT2D eigenvalue weighted by Crippen LogP contribution is -2.40. The van der Waals surface area contributed by atoms with Gasteiger partial charge in [0.25, 0.3) is 5.91 Å². The molecule has 1 fully saturated rings. The van der Waals surface area contributed by atoms with E-state index < -0.39 is 37.4 Å². The summed E-state index contributed by atoms with van der Waals surface area (Å²) in [7, 11) is -7.28. The number of amides is 1. The molecule has 0 bridgehead atoms. The van der Waals surface area contributed by atoms with Crippen molar-refractivity contribution in [2.75, 3.05) is 11.5 Å². The summed E-state index contributed by atoms with van der Waals surface area (Å²) >= 11 is 0. The zero-order valence-corrected chi connectivity index (χ0v) is 18.9. The quantitative estimate of drug-likeness (QED) is 0.436. The van der Waals surface area contributed by atoms with Gasteiger partial charge in [-0.15, -0.1) is 0 Å². The van der Waals surface area contributed by atoms with Gasteiger partial charge in [-0.25, -0.2) is 16.8 Å². The van der Waals surface area contributed by atoms with E-state index in [1.54, 1.807) is 18.2 Å². The van der Waals surface area contributed by atoms with Crippen LogP contribution in [0.4, 0.5) is 0 Å². The van der Waals surface area contributed by atoms with Crippen LogP contribution in [0.1, 0.15) is 38.5 Å². The van der Waals surface area contributed by atoms with E-state index in [0.717, 1.165) is 0 Å². The molecule has 0 radical (unpaired) electrons. The molecular weight excluding hydrogens is 466 g/mol. The fraction of sp³-hybridized carbons (Fsp3) is 0.217. The van der Waals surface area contributed by atoms with Gasteiger partial charge in [-0.2, -0.15) is 0 Å². The Morgan fingerprint density at radius 1 is 0.970 bits per heavy atom. The smallest absolute Gasteiger partial charge is 0.254 e. The predicted molar refractivity (Wildman–Crippen MR) is 117 cm³/mol. The summed E-state index contributed by atoms with van der Waals surface area (Å²) in [6.07, 6.45) is 1.74. The molecule has 1 saturated heterocycles. The molecule has 3 heterocycles. The molecule has 33 heavy (non-hydrogen) atoms. The summed E-state index contributed by atoms with van der Waals surface area (Å²) in [4.78, 5) is 27.4. The van der Waals surface area contributed by atoms with E-state index in [1.807, 2.05) is 0 Å². The number of hydrogen-bond donors (Lipinski definition) is 0. The lowest BCUT2D eigenvalue weighted by Gasteiger charge is -2.28. The number of furan rings is 1. The first-order chi connectivity index (χ1) is 15.7. The maximum atomic E-state index is 13.5. The third-order valence-corrected chi connectivity index (χ3v) is 9.60. The minimum atomic E-state index is -4.01. The molecule has 2 aliphatic rings. The van der Waals surface area contributed by atoms with Gasteiger partial charge in [0.05, 0.1) is 34.1 Å². The van der Waals surface area contributed by atoms with Gasteiger partial charge in [-0.05, 0) is 48.9 Å². The summed E-state index contributed by atoms with van der Waals surface area (Å²) in [5, 5.41) is 0. The predicted octanol–water partition coefficient (Wildman–Crippen LogP) is 2.49. The standard InChI is InChI=1S/C23H19NO7S2/c25-22-18-5-1-2-6-20(18)33(29,30)21-12-15(7-8-19(21)22)23(26)24(13-17-4-3-10-31-17)16-9-11-32(27,28)14-16/h1-8,10,12,16H,9,11,13-14H2/t16-/m0/s1. The average molecular weight is 486 g/mol. The molecule has 8 nitrogen and oxygen atoms in total. The van der Waals surface area contributed by atoms with E-state index in [-0.39, 0.29) is 51.0 Å². The van der Waals surface area contributed by atoms with Crippen LogP contribution >= 0.6 is 0 Å². The van der Waals surface area contributed by atoms with Gasteiger partial charge in [-0.1, -0.05) is 12.1 Å². The second-order valence-corrected chi connectivity index (χ2v) is 12.2. The van der Waals surface area contributed by atoms with Crippen molar-refractivity contribution in [3.63, 3.8) is 0 Å². The number of rotatable bonds is 4. The summed E-state index contributed by atoms with van der Waals surface area (Å²) in [6.45, 7) is 0.0393. The molecule has 0 spiro atoms. The van der Waals surface area contributed by atoms with Crippen LogP contribution in [0.5, 0.6) is 0 Å². The second-order valence-electron chi connectivity index (χ2n) is 8.11. The van der Waals surface area contributed by atoms with Crippen molar-refractivity contribution in [3.8, 4) is 0 Å². The molecule has 2 aliphatic heterocycles. The lowest BCUT2D eigenvalue weighted by molar-refractivity contribution is 0.0665. The topological polar surface area (TPSA) is 119 Å². The highest BCUT2D eigenvalue weighted by Gasteiger charge is 2.38. The van der Waals surface area contributed by atoms with Crippen LogP contribution in [0.3, 0.4) is 0 Å². The Morgan fingerprint density at radius 2 is 1.73 bits per heavy atom. The van der Waals surface area contributed by atoms with Gasteiger partial charge in [0.15, 0.2) is 15.6 Å². The lowest BCUT2D eigenvalue weighted by atomic mass is 10.0. The SMILES string of the molecule is O=C1c2ccccc2S(=O)(=O)c2cc(C(=O)N(Cc3ccco3)[C@H]3CCS(=O)(=O)C3)ccc21. The molecule has 0 unspecified atom stereocenters. The van der Waals surface area contributed by atoms with E-state index >= 15 is 0 Å². The number of hydrogen-bond acceptors (Lipinski definition) is 7. The van der Waals surface area contributed by atoms with Crippen LogP contribution in [0.2, 0.25) is 0 Å². The highest BCUT2D eigenvalue weighted by Crippen LogP contribution is 2.35. The summed E-state index contributed by atoms with van der Waals surface area (Å²) < 4.78 is 55.9. The number of sulfone groups is 2. The minimum Gasteiger partial charge on any atom is -0.467 e. The molecular formula is C23H19NO7S2. The number of benzene rings is 2. The Bertz CT molecular complexity index is 1490. The highest BCUT2D eigenvalue weighted by atomic mass is 32.2. The van der Waals surface area contributed by atoms with Crippen LogP contribution < -0.4 is 0 Å². The van der Waals surface area contributed by atoms with Gasteiger partial charge in [0.1, 0.15) is 5.76 Å². The fourth-order valence-electron chi connectivity index (χ4n) is 4.34. The van der Waals surface area contributed by atoms with Crippen molar-refractivity contribution in [2.45, 2.75) is 28.8 Å². The maximum Gasteiger partial charge on any atom is 0.254 e. The molecule has 5 rings (SSSR count). The highest BCUT2D eigenvalue weighted by molar-refractivity contribution is 7.92. The van der Waals surface area contributed by atoms with E-state index in [4.69, 9.17) is 4.42 Å². The maximum absolute atomic E-state index is 13.5. The van der Waals surface area contributed by atoms with Crippen LogP contribution in [0.15, 0.2) is 75.1 Å². The van der Waals surface area contributed by atoms with Gasteiger partial charge < -0.3 is 9.32 Å². The molecule has 1 atom stereocenters. The number of ketones is 1. The summed E-state index contributed by atoms with van der Waals surface area (Å²) in [6, 6.07) is 12.7. The van der Waals surface area contributed by atoms with Crippen molar-refractivity contribution in [1.29, 1.82) is 0 Å². The van der Waals surface area contributed by atoms with Crippen LogP contribution in [0, 0.1) is 0 Å². The van der Waals surface area contributed by atoms with Crippen molar-refractivity contribution in [1.82, 2.24) is 4.90 Å². The van der Waals surface area contributed by atoms with E-state index in [1.165, 1.54) is 47.6 Å². The molecule has 1 amide bonds.